The zero-order chi connectivity index (χ0) is 14.0. The molecule has 2 unspecified atom stereocenters. The summed E-state index contributed by atoms with van der Waals surface area (Å²) in [5.41, 5.74) is 0. The maximum Gasteiger partial charge on any atom is 0.181 e. The number of sulfone groups is 1. The molecule has 0 radical (unpaired) electrons. The van der Waals surface area contributed by atoms with Crippen LogP contribution in [0.3, 0.4) is 0 Å². The van der Waals surface area contributed by atoms with E-state index in [9.17, 15) is 8.42 Å². The van der Waals surface area contributed by atoms with Crippen molar-refractivity contribution in [3.63, 3.8) is 0 Å². The lowest BCUT2D eigenvalue weighted by molar-refractivity contribution is 0.391. The van der Waals surface area contributed by atoms with E-state index < -0.39 is 9.84 Å². The van der Waals surface area contributed by atoms with E-state index in [1.807, 2.05) is 7.05 Å². The van der Waals surface area contributed by atoms with E-state index in [4.69, 9.17) is 23.2 Å². The molecule has 3 nitrogen and oxygen atoms in total. The van der Waals surface area contributed by atoms with Crippen molar-refractivity contribution in [2.45, 2.75) is 41.9 Å². The highest BCUT2D eigenvalue weighted by Gasteiger charge is 2.32. The number of nitrogens with one attached hydrogen (secondary N) is 1. The minimum atomic E-state index is -3.33. The molecule has 2 rings (SSSR count). The number of hydrogen-bond donors (Lipinski definition) is 1. The predicted molar refractivity (Wildman–Crippen MR) is 78.8 cm³/mol. The Labute approximate surface area is 124 Å². The van der Waals surface area contributed by atoms with Gasteiger partial charge in [0.05, 0.1) is 20.2 Å². The van der Waals surface area contributed by atoms with Crippen LogP contribution in [0.4, 0.5) is 0 Å². The van der Waals surface area contributed by atoms with Gasteiger partial charge < -0.3 is 5.32 Å². The van der Waals surface area contributed by atoms with E-state index >= 15 is 0 Å². The average Bonchev–Trinajstić information content (AvgIpc) is 2.41. The van der Waals surface area contributed by atoms with Crippen molar-refractivity contribution in [3.05, 3.63) is 28.2 Å². The lowest BCUT2D eigenvalue weighted by atomic mass is 9.95. The van der Waals surface area contributed by atoms with Crippen molar-refractivity contribution in [2.75, 3.05) is 7.05 Å². The van der Waals surface area contributed by atoms with Gasteiger partial charge in [-0.2, -0.15) is 0 Å². The SMILES string of the molecule is CNC1CCCC(S(=O)(=O)c2ccc(Cl)c(Cl)c2)C1. The number of rotatable bonds is 3. The molecule has 0 aliphatic heterocycles. The predicted octanol–water partition coefficient (Wildman–Crippen LogP) is 3.30. The molecule has 1 saturated carbocycles. The van der Waals surface area contributed by atoms with Crippen molar-refractivity contribution in [1.29, 1.82) is 0 Å². The van der Waals surface area contributed by atoms with Crippen LogP contribution in [0.2, 0.25) is 10.0 Å². The monoisotopic (exact) mass is 321 g/mol. The number of hydrogen-bond acceptors (Lipinski definition) is 3. The summed E-state index contributed by atoms with van der Waals surface area (Å²) in [4.78, 5) is 0.267. The fraction of sp³-hybridized carbons (Fsp3) is 0.538. The van der Waals surface area contributed by atoms with Gasteiger partial charge in [0, 0.05) is 6.04 Å². The van der Waals surface area contributed by atoms with Gasteiger partial charge in [-0.25, -0.2) is 8.42 Å². The Balaban J connectivity index is 2.28. The second kappa shape index (κ2) is 6.00. The summed E-state index contributed by atoms with van der Waals surface area (Å²) in [5.74, 6) is 0. The van der Waals surface area contributed by atoms with E-state index in [0.29, 0.717) is 17.9 Å². The molecule has 0 amide bonds. The summed E-state index contributed by atoms with van der Waals surface area (Å²) in [7, 11) is -1.45. The van der Waals surface area contributed by atoms with Gasteiger partial charge in [0.2, 0.25) is 0 Å². The Morgan fingerprint density at radius 3 is 2.58 bits per heavy atom. The molecule has 19 heavy (non-hydrogen) atoms. The standard InChI is InChI=1S/C13H17Cl2NO2S/c1-16-9-3-2-4-10(7-9)19(17,18)11-5-6-12(14)13(15)8-11/h5-6,8-10,16H,2-4,7H2,1H3. The molecular weight excluding hydrogens is 305 g/mol. The van der Waals surface area contributed by atoms with Crippen molar-refractivity contribution in [1.82, 2.24) is 5.32 Å². The Hall–Kier alpha value is -0.290. The Morgan fingerprint density at radius 1 is 1.21 bits per heavy atom. The summed E-state index contributed by atoms with van der Waals surface area (Å²) in [5, 5.41) is 3.48. The van der Waals surface area contributed by atoms with E-state index in [0.717, 1.165) is 12.8 Å². The van der Waals surface area contributed by atoms with Crippen LogP contribution >= 0.6 is 23.2 Å². The molecule has 1 aromatic rings. The van der Waals surface area contributed by atoms with E-state index in [2.05, 4.69) is 5.32 Å². The van der Waals surface area contributed by atoms with Gasteiger partial charge >= 0.3 is 0 Å². The molecule has 2 atom stereocenters. The molecule has 0 heterocycles. The average molecular weight is 322 g/mol. The number of halogens is 2. The summed E-state index contributed by atoms with van der Waals surface area (Å²) >= 11 is 11.7. The number of benzene rings is 1. The quantitative estimate of drug-likeness (QED) is 0.929. The molecule has 1 N–H and O–H groups in total. The molecule has 0 spiro atoms. The highest BCUT2D eigenvalue weighted by molar-refractivity contribution is 7.92. The van der Waals surface area contributed by atoms with Crippen LogP contribution in [0.5, 0.6) is 0 Å². The van der Waals surface area contributed by atoms with E-state index in [1.165, 1.54) is 18.2 Å². The maximum absolute atomic E-state index is 12.6. The Kier molecular flexibility index (Phi) is 4.77. The van der Waals surface area contributed by atoms with Gasteiger partial charge in [0.25, 0.3) is 0 Å². The first-order valence-corrected chi connectivity index (χ1v) is 8.61. The van der Waals surface area contributed by atoms with Gasteiger partial charge in [-0.1, -0.05) is 29.6 Å². The molecule has 1 aliphatic rings. The molecule has 106 valence electrons. The highest BCUT2D eigenvalue weighted by Crippen LogP contribution is 2.31. The smallest absolute Gasteiger partial charge is 0.181 e. The van der Waals surface area contributed by atoms with Gasteiger partial charge in [0.1, 0.15) is 0 Å². The second-order valence-electron chi connectivity index (χ2n) is 4.90. The third kappa shape index (κ3) is 3.24. The van der Waals surface area contributed by atoms with Gasteiger partial charge in [-0.05, 0) is 44.5 Å². The molecule has 6 heteroatoms. The second-order valence-corrected chi connectivity index (χ2v) is 7.94. The van der Waals surface area contributed by atoms with Crippen LogP contribution in [-0.2, 0) is 9.84 Å². The Bertz CT molecular complexity index is 560. The molecule has 0 bridgehead atoms. The largest absolute Gasteiger partial charge is 0.317 e. The first kappa shape index (κ1) is 15.1. The fourth-order valence-electron chi connectivity index (χ4n) is 2.54. The van der Waals surface area contributed by atoms with Gasteiger partial charge in [-0.3, -0.25) is 0 Å². The zero-order valence-corrected chi connectivity index (χ0v) is 13.0. The van der Waals surface area contributed by atoms with Crippen molar-refractivity contribution in [2.24, 2.45) is 0 Å². The lowest BCUT2D eigenvalue weighted by Crippen LogP contribution is -2.37. The summed E-state index contributed by atoms with van der Waals surface area (Å²) in [6.07, 6.45) is 3.32. The maximum atomic E-state index is 12.6. The summed E-state index contributed by atoms with van der Waals surface area (Å²) < 4.78 is 25.2. The first-order valence-electron chi connectivity index (χ1n) is 6.31. The van der Waals surface area contributed by atoms with Crippen molar-refractivity contribution < 1.29 is 8.42 Å². The molecule has 0 saturated heterocycles. The van der Waals surface area contributed by atoms with Gasteiger partial charge in [0.15, 0.2) is 9.84 Å². The summed E-state index contributed by atoms with van der Waals surface area (Å²) in [6.45, 7) is 0. The lowest BCUT2D eigenvalue weighted by Gasteiger charge is -2.28. The molecular formula is C13H17Cl2NO2S. The van der Waals surface area contributed by atoms with Crippen molar-refractivity contribution >= 4 is 33.0 Å². The molecule has 1 fully saturated rings. The highest BCUT2D eigenvalue weighted by atomic mass is 35.5. The van der Waals surface area contributed by atoms with Crippen LogP contribution in [-0.4, -0.2) is 26.8 Å². The third-order valence-corrected chi connectivity index (χ3v) is 6.65. The Morgan fingerprint density at radius 2 is 1.95 bits per heavy atom. The van der Waals surface area contributed by atoms with Gasteiger partial charge in [-0.15, -0.1) is 0 Å². The van der Waals surface area contributed by atoms with Crippen LogP contribution in [0, 0.1) is 0 Å². The van der Waals surface area contributed by atoms with Crippen LogP contribution < -0.4 is 5.32 Å². The van der Waals surface area contributed by atoms with E-state index in [-0.39, 0.29) is 21.2 Å². The topological polar surface area (TPSA) is 46.2 Å². The van der Waals surface area contributed by atoms with E-state index in [1.54, 1.807) is 0 Å². The minimum absolute atomic E-state index is 0.267. The minimum Gasteiger partial charge on any atom is -0.317 e. The van der Waals surface area contributed by atoms with Crippen molar-refractivity contribution in [3.8, 4) is 0 Å². The summed E-state index contributed by atoms with van der Waals surface area (Å²) in [6, 6.07) is 4.79. The normalized spacial score (nSPS) is 24.4. The fourth-order valence-corrected chi connectivity index (χ4v) is 4.79. The third-order valence-electron chi connectivity index (χ3n) is 3.69. The molecule has 0 aromatic heterocycles. The molecule has 1 aliphatic carbocycles. The molecule has 1 aromatic carbocycles. The first-order chi connectivity index (χ1) is 8.95. The van der Waals surface area contributed by atoms with Crippen LogP contribution in [0.25, 0.3) is 0 Å². The van der Waals surface area contributed by atoms with Crippen LogP contribution in [0.1, 0.15) is 25.7 Å². The zero-order valence-electron chi connectivity index (χ0n) is 10.7. The van der Waals surface area contributed by atoms with Crippen LogP contribution in [0.15, 0.2) is 23.1 Å².